The summed E-state index contributed by atoms with van der Waals surface area (Å²) in [6.45, 7) is 6.77. The molecule has 1 aliphatic carbocycles. The number of ether oxygens (including phenoxy) is 1. The van der Waals surface area contributed by atoms with E-state index in [0.29, 0.717) is 12.5 Å². The third-order valence-corrected chi connectivity index (χ3v) is 3.21. The number of hydrogen-bond acceptors (Lipinski definition) is 2. The van der Waals surface area contributed by atoms with Crippen LogP contribution < -0.4 is 0 Å². The van der Waals surface area contributed by atoms with Gasteiger partial charge in [0.25, 0.3) is 0 Å². The molecule has 0 amide bonds. The van der Waals surface area contributed by atoms with E-state index in [2.05, 4.69) is 6.92 Å². The zero-order chi connectivity index (χ0) is 11.4. The average molecular weight is 214 g/mol. The molecule has 0 radical (unpaired) electrons. The lowest BCUT2D eigenvalue weighted by molar-refractivity contribution is -0.147. The average Bonchev–Trinajstić information content (AvgIpc) is 2.14. The van der Waals surface area contributed by atoms with Crippen LogP contribution in [0.1, 0.15) is 40.0 Å². The van der Waals surface area contributed by atoms with Gasteiger partial charge in [-0.05, 0) is 44.9 Å². The zero-order valence-corrected chi connectivity index (χ0v) is 9.90. The summed E-state index contributed by atoms with van der Waals surface area (Å²) >= 11 is 0. The summed E-state index contributed by atoms with van der Waals surface area (Å²) in [6, 6.07) is 0. The van der Waals surface area contributed by atoms with Crippen molar-refractivity contribution in [3.63, 3.8) is 0 Å². The molecule has 0 heterocycles. The van der Waals surface area contributed by atoms with Gasteiger partial charge in [-0.1, -0.05) is 6.92 Å². The Labute approximate surface area is 91.8 Å². The number of rotatable bonds is 4. The molecule has 0 bridgehead atoms. The first-order chi connectivity index (χ1) is 7.00. The van der Waals surface area contributed by atoms with Gasteiger partial charge in [0.1, 0.15) is 0 Å². The van der Waals surface area contributed by atoms with Crippen LogP contribution in [0.15, 0.2) is 0 Å². The highest BCUT2D eigenvalue weighted by atomic mass is 16.5. The van der Waals surface area contributed by atoms with Gasteiger partial charge in [0.2, 0.25) is 0 Å². The van der Waals surface area contributed by atoms with E-state index >= 15 is 0 Å². The minimum atomic E-state index is -0.653. The van der Waals surface area contributed by atoms with Gasteiger partial charge in [0.15, 0.2) is 0 Å². The quantitative estimate of drug-likeness (QED) is 0.782. The molecule has 0 aromatic carbocycles. The molecule has 1 aliphatic rings. The maximum atomic E-state index is 11.1. The van der Waals surface area contributed by atoms with Crippen molar-refractivity contribution in [2.75, 3.05) is 6.61 Å². The molecule has 0 aromatic heterocycles. The fourth-order valence-corrected chi connectivity index (χ4v) is 2.32. The molecule has 0 aliphatic heterocycles. The molecule has 3 unspecified atom stereocenters. The Balaban J connectivity index is 2.50. The predicted molar refractivity (Wildman–Crippen MR) is 58.7 cm³/mol. The maximum Gasteiger partial charge on any atom is 0.306 e. The van der Waals surface area contributed by atoms with Crippen LogP contribution in [0.2, 0.25) is 0 Å². The molecule has 88 valence electrons. The number of aliphatic carboxylic acids is 1. The lowest BCUT2D eigenvalue weighted by Crippen LogP contribution is -2.33. The van der Waals surface area contributed by atoms with Crippen molar-refractivity contribution in [2.45, 2.75) is 46.1 Å². The second-order valence-electron chi connectivity index (χ2n) is 5.01. The third-order valence-electron chi connectivity index (χ3n) is 3.21. The van der Waals surface area contributed by atoms with E-state index in [0.717, 1.165) is 19.3 Å². The summed E-state index contributed by atoms with van der Waals surface area (Å²) < 4.78 is 5.55. The highest BCUT2D eigenvalue weighted by Gasteiger charge is 2.33. The molecule has 0 saturated heterocycles. The van der Waals surface area contributed by atoms with Crippen molar-refractivity contribution in [2.24, 2.45) is 17.8 Å². The van der Waals surface area contributed by atoms with Crippen molar-refractivity contribution in [1.82, 2.24) is 0 Å². The van der Waals surface area contributed by atoms with Gasteiger partial charge in [0.05, 0.1) is 18.6 Å². The number of carboxylic acid groups (broad SMARTS) is 1. The van der Waals surface area contributed by atoms with Crippen molar-refractivity contribution in [1.29, 1.82) is 0 Å². The van der Waals surface area contributed by atoms with E-state index in [4.69, 9.17) is 9.84 Å². The van der Waals surface area contributed by atoms with Gasteiger partial charge < -0.3 is 9.84 Å². The lowest BCUT2D eigenvalue weighted by Gasteiger charge is -2.32. The topological polar surface area (TPSA) is 46.5 Å². The Morgan fingerprint density at radius 3 is 2.67 bits per heavy atom. The van der Waals surface area contributed by atoms with E-state index in [9.17, 15) is 4.79 Å². The van der Waals surface area contributed by atoms with E-state index in [1.165, 1.54) is 0 Å². The molecule has 1 fully saturated rings. The second-order valence-corrected chi connectivity index (χ2v) is 5.01. The van der Waals surface area contributed by atoms with Crippen LogP contribution in [0, 0.1) is 17.8 Å². The van der Waals surface area contributed by atoms with Gasteiger partial charge >= 0.3 is 5.97 Å². The van der Waals surface area contributed by atoms with Crippen molar-refractivity contribution < 1.29 is 14.6 Å². The number of carbonyl (C=O) groups is 1. The number of carboxylic acids is 1. The fourth-order valence-electron chi connectivity index (χ4n) is 2.32. The Morgan fingerprint density at radius 1 is 1.47 bits per heavy atom. The first-order valence-electron chi connectivity index (χ1n) is 5.85. The van der Waals surface area contributed by atoms with Gasteiger partial charge in [-0.15, -0.1) is 0 Å². The molecule has 1 N–H and O–H groups in total. The van der Waals surface area contributed by atoms with E-state index in [-0.39, 0.29) is 17.9 Å². The summed E-state index contributed by atoms with van der Waals surface area (Å²) in [6.07, 6.45) is 3.03. The van der Waals surface area contributed by atoms with Crippen LogP contribution >= 0.6 is 0 Å². The molecular weight excluding hydrogens is 192 g/mol. The summed E-state index contributed by atoms with van der Waals surface area (Å²) in [4.78, 5) is 11.1. The van der Waals surface area contributed by atoms with Crippen LogP contribution in [0.4, 0.5) is 0 Å². The monoisotopic (exact) mass is 214 g/mol. The summed E-state index contributed by atoms with van der Waals surface area (Å²) in [7, 11) is 0. The first-order valence-corrected chi connectivity index (χ1v) is 5.85. The minimum absolute atomic E-state index is 0.191. The molecular formula is C12H22O3. The molecule has 3 heteroatoms. The fraction of sp³-hybridized carbons (Fsp3) is 0.917. The first kappa shape index (κ1) is 12.5. The lowest BCUT2D eigenvalue weighted by atomic mass is 9.75. The summed E-state index contributed by atoms with van der Waals surface area (Å²) in [5.74, 6) is -0.00535. The maximum absolute atomic E-state index is 11.1. The minimum Gasteiger partial charge on any atom is -0.481 e. The molecule has 3 nitrogen and oxygen atoms in total. The van der Waals surface area contributed by atoms with Crippen LogP contribution in [-0.2, 0) is 9.53 Å². The van der Waals surface area contributed by atoms with Gasteiger partial charge in [-0.3, -0.25) is 4.79 Å². The number of hydrogen-bond donors (Lipinski definition) is 1. The molecule has 15 heavy (non-hydrogen) atoms. The summed E-state index contributed by atoms with van der Waals surface area (Å²) in [5, 5.41) is 9.10. The van der Waals surface area contributed by atoms with E-state index in [1.807, 2.05) is 13.8 Å². The highest BCUT2D eigenvalue weighted by Crippen LogP contribution is 2.34. The molecule has 0 aromatic rings. The van der Waals surface area contributed by atoms with Crippen molar-refractivity contribution >= 4 is 5.97 Å². The zero-order valence-electron chi connectivity index (χ0n) is 9.90. The van der Waals surface area contributed by atoms with Crippen molar-refractivity contribution in [3.05, 3.63) is 0 Å². The normalized spacial score (nSPS) is 31.9. The van der Waals surface area contributed by atoms with Crippen molar-refractivity contribution in [3.8, 4) is 0 Å². The van der Waals surface area contributed by atoms with Gasteiger partial charge in [-0.2, -0.15) is 0 Å². The molecule has 3 atom stereocenters. The summed E-state index contributed by atoms with van der Waals surface area (Å²) in [5.41, 5.74) is 0. The van der Waals surface area contributed by atoms with Crippen LogP contribution in [0.5, 0.6) is 0 Å². The smallest absolute Gasteiger partial charge is 0.306 e. The predicted octanol–water partition coefficient (Wildman–Crippen LogP) is 2.55. The molecule has 0 spiro atoms. The van der Waals surface area contributed by atoms with Crippen LogP contribution in [-0.4, -0.2) is 23.8 Å². The third kappa shape index (κ3) is 3.82. The largest absolute Gasteiger partial charge is 0.481 e. The highest BCUT2D eigenvalue weighted by molar-refractivity contribution is 5.70. The van der Waals surface area contributed by atoms with E-state index in [1.54, 1.807) is 0 Å². The van der Waals surface area contributed by atoms with Gasteiger partial charge in [0, 0.05) is 0 Å². The Bertz CT molecular complexity index is 213. The standard InChI is InChI=1S/C12H22O3/c1-8(2)15-7-10-6-9(3)4-5-11(10)12(13)14/h8-11H,4-7H2,1-3H3,(H,13,14). The van der Waals surface area contributed by atoms with Crippen LogP contribution in [0.25, 0.3) is 0 Å². The Morgan fingerprint density at radius 2 is 2.13 bits per heavy atom. The Kier molecular flexibility index (Phi) is 4.58. The van der Waals surface area contributed by atoms with Crippen LogP contribution in [0.3, 0.4) is 0 Å². The second kappa shape index (κ2) is 5.50. The SMILES string of the molecule is CC1CCC(C(=O)O)C(COC(C)C)C1. The molecule has 1 rings (SSSR count). The van der Waals surface area contributed by atoms with Gasteiger partial charge in [-0.25, -0.2) is 0 Å². The molecule has 1 saturated carbocycles. The van der Waals surface area contributed by atoms with E-state index < -0.39 is 5.97 Å². The Hall–Kier alpha value is -0.570.